The molecule has 1 fully saturated rings. The predicted molar refractivity (Wildman–Crippen MR) is 78.7 cm³/mol. The molecule has 2 heterocycles. The monoisotopic (exact) mass is 263 g/mol. The Balaban J connectivity index is 2.04. The van der Waals surface area contributed by atoms with Crippen LogP contribution < -0.4 is 4.90 Å². The van der Waals surface area contributed by atoms with Gasteiger partial charge in [-0.2, -0.15) is 0 Å². The third kappa shape index (κ3) is 3.45. The van der Waals surface area contributed by atoms with Crippen molar-refractivity contribution in [3.8, 4) is 0 Å². The van der Waals surface area contributed by atoms with Gasteiger partial charge in [-0.1, -0.05) is 13.8 Å². The SMILES string of the molecule is CC(C)c1ccc(N2CC[C@](O)(CN(C)C)C2)cn1. The molecule has 4 heteroatoms. The highest BCUT2D eigenvalue weighted by atomic mass is 16.3. The third-order valence-corrected chi connectivity index (χ3v) is 3.67. The molecule has 19 heavy (non-hydrogen) atoms. The van der Waals surface area contributed by atoms with E-state index in [-0.39, 0.29) is 0 Å². The molecule has 1 atom stereocenters. The molecule has 0 unspecified atom stereocenters. The lowest BCUT2D eigenvalue weighted by molar-refractivity contribution is 0.0366. The van der Waals surface area contributed by atoms with E-state index in [2.05, 4.69) is 35.9 Å². The quantitative estimate of drug-likeness (QED) is 0.897. The number of β-amino-alcohol motifs (C(OH)–C–C–N with tert-alkyl or cyclic N) is 1. The number of aliphatic hydroxyl groups is 1. The van der Waals surface area contributed by atoms with Gasteiger partial charge in [0, 0.05) is 25.3 Å². The Kier molecular flexibility index (Phi) is 4.11. The van der Waals surface area contributed by atoms with Crippen LogP contribution in [0.2, 0.25) is 0 Å². The molecule has 0 spiro atoms. The molecule has 4 nitrogen and oxygen atoms in total. The van der Waals surface area contributed by atoms with E-state index in [9.17, 15) is 5.11 Å². The van der Waals surface area contributed by atoms with Gasteiger partial charge in [-0.15, -0.1) is 0 Å². The van der Waals surface area contributed by atoms with Gasteiger partial charge >= 0.3 is 0 Å². The van der Waals surface area contributed by atoms with E-state index >= 15 is 0 Å². The smallest absolute Gasteiger partial charge is 0.0964 e. The van der Waals surface area contributed by atoms with Crippen LogP contribution in [0.5, 0.6) is 0 Å². The summed E-state index contributed by atoms with van der Waals surface area (Å²) in [6.45, 7) is 6.59. The average molecular weight is 263 g/mol. The number of likely N-dealkylation sites (N-methyl/N-ethyl adjacent to an activating group) is 1. The van der Waals surface area contributed by atoms with Crippen LogP contribution in [0.3, 0.4) is 0 Å². The van der Waals surface area contributed by atoms with E-state index in [1.807, 2.05) is 25.2 Å². The molecule has 1 aliphatic rings. The molecule has 2 rings (SSSR count). The topological polar surface area (TPSA) is 39.6 Å². The zero-order chi connectivity index (χ0) is 14.0. The molecule has 1 aliphatic heterocycles. The summed E-state index contributed by atoms with van der Waals surface area (Å²) in [5, 5.41) is 10.5. The molecule has 1 aromatic rings. The summed E-state index contributed by atoms with van der Waals surface area (Å²) < 4.78 is 0. The highest BCUT2D eigenvalue weighted by molar-refractivity contribution is 5.46. The molecule has 0 aliphatic carbocycles. The average Bonchev–Trinajstić information content (AvgIpc) is 2.70. The van der Waals surface area contributed by atoms with E-state index in [0.717, 1.165) is 24.3 Å². The van der Waals surface area contributed by atoms with Crippen molar-refractivity contribution in [3.63, 3.8) is 0 Å². The fraction of sp³-hybridized carbons (Fsp3) is 0.667. The maximum absolute atomic E-state index is 10.5. The Morgan fingerprint density at radius 3 is 2.68 bits per heavy atom. The molecular weight excluding hydrogens is 238 g/mol. The first-order valence-corrected chi connectivity index (χ1v) is 6.98. The largest absolute Gasteiger partial charge is 0.387 e. The Hall–Kier alpha value is -1.13. The van der Waals surface area contributed by atoms with Crippen LogP contribution >= 0.6 is 0 Å². The van der Waals surface area contributed by atoms with Gasteiger partial charge in [0.25, 0.3) is 0 Å². The van der Waals surface area contributed by atoms with Crippen molar-refractivity contribution in [3.05, 3.63) is 24.0 Å². The van der Waals surface area contributed by atoms with Gasteiger partial charge in [0.15, 0.2) is 0 Å². The van der Waals surface area contributed by atoms with Crippen molar-refractivity contribution in [2.75, 3.05) is 38.6 Å². The van der Waals surface area contributed by atoms with Gasteiger partial charge in [-0.25, -0.2) is 0 Å². The van der Waals surface area contributed by atoms with Crippen molar-refractivity contribution in [2.45, 2.75) is 31.8 Å². The van der Waals surface area contributed by atoms with Crippen LogP contribution in [0.4, 0.5) is 5.69 Å². The Morgan fingerprint density at radius 2 is 2.16 bits per heavy atom. The Morgan fingerprint density at radius 1 is 1.42 bits per heavy atom. The first-order chi connectivity index (χ1) is 8.89. The van der Waals surface area contributed by atoms with Crippen molar-refractivity contribution in [1.82, 2.24) is 9.88 Å². The van der Waals surface area contributed by atoms with Crippen LogP contribution in [0.25, 0.3) is 0 Å². The van der Waals surface area contributed by atoms with Gasteiger partial charge in [-0.05, 0) is 38.6 Å². The maximum atomic E-state index is 10.5. The molecule has 0 bridgehead atoms. The summed E-state index contributed by atoms with van der Waals surface area (Å²) in [6.07, 6.45) is 2.74. The number of hydrogen-bond acceptors (Lipinski definition) is 4. The second-order valence-electron chi connectivity index (χ2n) is 6.23. The fourth-order valence-corrected chi connectivity index (χ4v) is 2.72. The van der Waals surface area contributed by atoms with Gasteiger partial charge in [0.2, 0.25) is 0 Å². The van der Waals surface area contributed by atoms with Crippen LogP contribution in [0, 0.1) is 0 Å². The predicted octanol–water partition coefficient (Wildman–Crippen LogP) is 1.71. The minimum Gasteiger partial charge on any atom is -0.387 e. The number of hydrogen-bond donors (Lipinski definition) is 1. The van der Waals surface area contributed by atoms with Crippen molar-refractivity contribution in [2.24, 2.45) is 0 Å². The molecule has 0 radical (unpaired) electrons. The number of aromatic nitrogens is 1. The van der Waals surface area contributed by atoms with Gasteiger partial charge in [0.05, 0.1) is 17.5 Å². The summed E-state index contributed by atoms with van der Waals surface area (Å²) in [5.41, 5.74) is 1.63. The molecule has 0 saturated carbocycles. The lowest BCUT2D eigenvalue weighted by atomic mass is 10.0. The van der Waals surface area contributed by atoms with Crippen LogP contribution in [-0.2, 0) is 0 Å². The lowest BCUT2D eigenvalue weighted by Crippen LogP contribution is -2.42. The summed E-state index contributed by atoms with van der Waals surface area (Å²) >= 11 is 0. The van der Waals surface area contributed by atoms with Crippen molar-refractivity contribution < 1.29 is 5.11 Å². The van der Waals surface area contributed by atoms with Gasteiger partial charge in [-0.3, -0.25) is 4.98 Å². The van der Waals surface area contributed by atoms with E-state index in [1.54, 1.807) is 0 Å². The summed E-state index contributed by atoms with van der Waals surface area (Å²) in [5.74, 6) is 0.457. The number of anilines is 1. The van der Waals surface area contributed by atoms with Gasteiger partial charge in [0.1, 0.15) is 0 Å². The fourth-order valence-electron chi connectivity index (χ4n) is 2.72. The maximum Gasteiger partial charge on any atom is 0.0964 e. The Bertz CT molecular complexity index is 416. The molecule has 0 amide bonds. The zero-order valence-corrected chi connectivity index (χ0v) is 12.4. The summed E-state index contributed by atoms with van der Waals surface area (Å²) in [7, 11) is 4.00. The summed E-state index contributed by atoms with van der Waals surface area (Å²) in [4.78, 5) is 8.77. The van der Waals surface area contributed by atoms with Crippen LogP contribution in [-0.4, -0.2) is 54.3 Å². The van der Waals surface area contributed by atoms with E-state index in [0.29, 0.717) is 19.0 Å². The van der Waals surface area contributed by atoms with Crippen LogP contribution in [0.1, 0.15) is 31.9 Å². The molecular formula is C15H25N3O. The highest BCUT2D eigenvalue weighted by Gasteiger charge is 2.36. The molecule has 1 saturated heterocycles. The molecule has 1 N–H and O–H groups in total. The minimum atomic E-state index is -0.597. The minimum absolute atomic E-state index is 0.457. The number of rotatable bonds is 4. The second kappa shape index (κ2) is 5.47. The first-order valence-electron chi connectivity index (χ1n) is 6.98. The first kappa shape index (κ1) is 14.3. The lowest BCUT2D eigenvalue weighted by Gasteiger charge is -2.27. The van der Waals surface area contributed by atoms with Crippen LogP contribution in [0.15, 0.2) is 18.3 Å². The highest BCUT2D eigenvalue weighted by Crippen LogP contribution is 2.27. The normalized spacial score (nSPS) is 23.6. The van der Waals surface area contributed by atoms with Crippen molar-refractivity contribution >= 4 is 5.69 Å². The van der Waals surface area contributed by atoms with E-state index in [4.69, 9.17) is 0 Å². The number of pyridine rings is 1. The summed E-state index contributed by atoms with van der Waals surface area (Å²) in [6, 6.07) is 4.20. The van der Waals surface area contributed by atoms with Crippen molar-refractivity contribution in [1.29, 1.82) is 0 Å². The second-order valence-corrected chi connectivity index (χ2v) is 6.23. The van der Waals surface area contributed by atoms with E-state index < -0.39 is 5.60 Å². The molecule has 106 valence electrons. The number of nitrogens with zero attached hydrogens (tertiary/aromatic N) is 3. The van der Waals surface area contributed by atoms with Gasteiger partial charge < -0.3 is 14.9 Å². The third-order valence-electron chi connectivity index (χ3n) is 3.67. The Labute approximate surface area is 116 Å². The molecule has 0 aromatic carbocycles. The van der Waals surface area contributed by atoms with E-state index in [1.165, 1.54) is 0 Å². The standard InChI is InChI=1S/C15H25N3O/c1-12(2)14-6-5-13(9-16-14)18-8-7-15(19,11-18)10-17(3)4/h5-6,9,12,19H,7-8,10-11H2,1-4H3/t15-/m0/s1. The molecule has 1 aromatic heterocycles. The zero-order valence-electron chi connectivity index (χ0n) is 12.4.